The van der Waals surface area contributed by atoms with Crippen LogP contribution in [0.1, 0.15) is 29.6 Å². The number of aromatic nitrogens is 1. The van der Waals surface area contributed by atoms with Crippen molar-refractivity contribution < 1.29 is 4.79 Å². The van der Waals surface area contributed by atoms with Crippen molar-refractivity contribution in [3.63, 3.8) is 0 Å². The summed E-state index contributed by atoms with van der Waals surface area (Å²) in [4.78, 5) is 15.1. The number of nitrogens with one attached hydrogen (secondary N) is 2. The molecule has 3 heteroatoms. The molecule has 1 aromatic heterocycles. The zero-order chi connectivity index (χ0) is 11.0. The van der Waals surface area contributed by atoms with Gasteiger partial charge >= 0.3 is 0 Å². The molecule has 3 rings (SSSR count). The van der Waals surface area contributed by atoms with E-state index in [0.717, 1.165) is 29.3 Å². The van der Waals surface area contributed by atoms with Crippen LogP contribution in [0.4, 0.5) is 0 Å². The number of hydrogen-bond acceptors (Lipinski definition) is 1. The van der Waals surface area contributed by atoms with Crippen molar-refractivity contribution in [3.05, 3.63) is 36.0 Å². The van der Waals surface area contributed by atoms with Gasteiger partial charge in [0, 0.05) is 17.6 Å². The average molecular weight is 214 g/mol. The summed E-state index contributed by atoms with van der Waals surface area (Å²) in [6, 6.07) is 8.16. The molecule has 2 aromatic rings. The summed E-state index contributed by atoms with van der Waals surface area (Å²) >= 11 is 0. The van der Waals surface area contributed by atoms with Crippen LogP contribution in [0.25, 0.3) is 10.9 Å². The van der Waals surface area contributed by atoms with Gasteiger partial charge in [-0.05, 0) is 31.4 Å². The highest BCUT2D eigenvalue weighted by Gasteiger charge is 2.21. The van der Waals surface area contributed by atoms with Gasteiger partial charge in [0.15, 0.2) is 0 Å². The molecule has 0 spiro atoms. The molecule has 1 aliphatic rings. The zero-order valence-corrected chi connectivity index (χ0v) is 8.99. The molecule has 1 saturated carbocycles. The molecule has 0 bridgehead atoms. The number of fused-ring (bicyclic) bond motifs is 1. The molecule has 0 atom stereocenters. The molecule has 82 valence electrons. The van der Waals surface area contributed by atoms with Crippen LogP contribution in [0.5, 0.6) is 0 Å². The zero-order valence-electron chi connectivity index (χ0n) is 8.99. The van der Waals surface area contributed by atoms with E-state index in [2.05, 4.69) is 10.3 Å². The Balaban J connectivity index is 1.91. The normalized spacial score (nSPS) is 16.0. The first kappa shape index (κ1) is 9.46. The Kier molecular flexibility index (Phi) is 2.17. The number of aromatic amines is 1. The second-order valence-electron chi connectivity index (χ2n) is 4.35. The fraction of sp³-hybridized carbons (Fsp3) is 0.308. The number of amides is 1. The van der Waals surface area contributed by atoms with Gasteiger partial charge in [0.1, 0.15) is 0 Å². The van der Waals surface area contributed by atoms with Gasteiger partial charge in [-0.25, -0.2) is 0 Å². The van der Waals surface area contributed by atoms with Crippen molar-refractivity contribution in [3.8, 4) is 0 Å². The summed E-state index contributed by atoms with van der Waals surface area (Å²) < 4.78 is 0. The quantitative estimate of drug-likeness (QED) is 0.792. The van der Waals surface area contributed by atoms with E-state index in [9.17, 15) is 4.79 Å². The topological polar surface area (TPSA) is 44.9 Å². The maximum atomic E-state index is 12.0. The Labute approximate surface area is 93.9 Å². The third kappa shape index (κ3) is 1.48. The molecule has 0 radical (unpaired) electrons. The average Bonchev–Trinajstić information content (AvgIpc) is 2.70. The van der Waals surface area contributed by atoms with Gasteiger partial charge in [-0.3, -0.25) is 4.79 Å². The molecule has 0 unspecified atom stereocenters. The second kappa shape index (κ2) is 3.67. The van der Waals surface area contributed by atoms with Gasteiger partial charge in [0.05, 0.1) is 11.1 Å². The van der Waals surface area contributed by atoms with E-state index in [0.29, 0.717) is 6.04 Å². The third-order valence-corrected chi connectivity index (χ3v) is 3.27. The van der Waals surface area contributed by atoms with E-state index >= 15 is 0 Å². The molecular formula is C13H14N2O. The standard InChI is InChI=1S/C13H14N2O/c16-13(15-10-4-2-5-10)11-6-1-3-9-7-8-14-12(9)11/h1,3,6-8,10,14H,2,4-5H2,(H,15,16). The minimum Gasteiger partial charge on any atom is -0.361 e. The first-order valence-electron chi connectivity index (χ1n) is 5.71. The van der Waals surface area contributed by atoms with Gasteiger partial charge in [0.25, 0.3) is 5.91 Å². The summed E-state index contributed by atoms with van der Waals surface area (Å²) in [5.41, 5.74) is 1.67. The number of hydrogen-bond donors (Lipinski definition) is 2. The van der Waals surface area contributed by atoms with E-state index in [1.165, 1.54) is 6.42 Å². The summed E-state index contributed by atoms with van der Waals surface area (Å²) in [7, 11) is 0. The van der Waals surface area contributed by atoms with E-state index in [-0.39, 0.29) is 5.91 Å². The Morgan fingerprint density at radius 1 is 1.31 bits per heavy atom. The van der Waals surface area contributed by atoms with Gasteiger partial charge in [-0.15, -0.1) is 0 Å². The van der Waals surface area contributed by atoms with Gasteiger partial charge in [-0.2, -0.15) is 0 Å². The number of H-pyrrole nitrogens is 1. The van der Waals surface area contributed by atoms with E-state index in [1.54, 1.807) is 0 Å². The molecule has 1 fully saturated rings. The molecule has 1 amide bonds. The van der Waals surface area contributed by atoms with E-state index in [4.69, 9.17) is 0 Å². The second-order valence-corrected chi connectivity index (χ2v) is 4.35. The first-order chi connectivity index (χ1) is 7.84. The lowest BCUT2D eigenvalue weighted by atomic mass is 9.93. The highest BCUT2D eigenvalue weighted by Crippen LogP contribution is 2.21. The van der Waals surface area contributed by atoms with Gasteiger partial charge in [0.2, 0.25) is 0 Å². The van der Waals surface area contributed by atoms with Crippen LogP contribution in [-0.2, 0) is 0 Å². The fourth-order valence-electron chi connectivity index (χ4n) is 2.09. The Bertz CT molecular complexity index is 525. The molecule has 0 saturated heterocycles. The summed E-state index contributed by atoms with van der Waals surface area (Å²) in [5.74, 6) is 0.0396. The highest BCUT2D eigenvalue weighted by molar-refractivity contribution is 6.05. The molecule has 1 aromatic carbocycles. The van der Waals surface area contributed by atoms with Crippen LogP contribution >= 0.6 is 0 Å². The molecule has 1 aliphatic carbocycles. The molecule has 2 N–H and O–H groups in total. The predicted molar refractivity (Wildman–Crippen MR) is 63.4 cm³/mol. The summed E-state index contributed by atoms with van der Waals surface area (Å²) in [5, 5.41) is 4.14. The number of rotatable bonds is 2. The number of carbonyl (C=O) groups is 1. The fourth-order valence-corrected chi connectivity index (χ4v) is 2.09. The lowest BCUT2D eigenvalue weighted by Gasteiger charge is -2.26. The smallest absolute Gasteiger partial charge is 0.253 e. The lowest BCUT2D eigenvalue weighted by molar-refractivity contribution is 0.0918. The van der Waals surface area contributed by atoms with Crippen LogP contribution in [0, 0.1) is 0 Å². The number of benzene rings is 1. The highest BCUT2D eigenvalue weighted by atomic mass is 16.1. The predicted octanol–water partition coefficient (Wildman–Crippen LogP) is 2.45. The maximum Gasteiger partial charge on any atom is 0.253 e. The molecule has 16 heavy (non-hydrogen) atoms. The maximum absolute atomic E-state index is 12.0. The first-order valence-corrected chi connectivity index (χ1v) is 5.71. The summed E-state index contributed by atoms with van der Waals surface area (Å²) in [6.07, 6.45) is 5.33. The van der Waals surface area contributed by atoms with Crippen molar-refractivity contribution in [2.45, 2.75) is 25.3 Å². The molecule has 3 nitrogen and oxygen atoms in total. The largest absolute Gasteiger partial charge is 0.361 e. The SMILES string of the molecule is O=C(NC1CCC1)c1cccc2cc[nH]c12. The van der Waals surface area contributed by atoms with E-state index in [1.807, 2.05) is 30.5 Å². The van der Waals surface area contributed by atoms with E-state index < -0.39 is 0 Å². The monoisotopic (exact) mass is 214 g/mol. The Morgan fingerprint density at radius 3 is 2.94 bits per heavy atom. The number of carbonyl (C=O) groups excluding carboxylic acids is 1. The molecule has 1 heterocycles. The van der Waals surface area contributed by atoms with Crippen molar-refractivity contribution >= 4 is 16.8 Å². The minimum absolute atomic E-state index is 0.0396. The summed E-state index contributed by atoms with van der Waals surface area (Å²) in [6.45, 7) is 0. The van der Waals surface area contributed by atoms with Gasteiger partial charge < -0.3 is 10.3 Å². The molecular weight excluding hydrogens is 200 g/mol. The third-order valence-electron chi connectivity index (χ3n) is 3.27. The Hall–Kier alpha value is -1.77. The lowest BCUT2D eigenvalue weighted by Crippen LogP contribution is -2.39. The molecule has 0 aliphatic heterocycles. The van der Waals surface area contributed by atoms with Crippen LogP contribution in [0.3, 0.4) is 0 Å². The van der Waals surface area contributed by atoms with Gasteiger partial charge in [-0.1, -0.05) is 12.1 Å². The van der Waals surface area contributed by atoms with Crippen LogP contribution in [-0.4, -0.2) is 16.9 Å². The Morgan fingerprint density at radius 2 is 2.19 bits per heavy atom. The van der Waals surface area contributed by atoms with Crippen molar-refractivity contribution in [2.24, 2.45) is 0 Å². The van der Waals surface area contributed by atoms with Crippen molar-refractivity contribution in [2.75, 3.05) is 0 Å². The van der Waals surface area contributed by atoms with Crippen molar-refractivity contribution in [1.29, 1.82) is 0 Å². The minimum atomic E-state index is 0.0396. The van der Waals surface area contributed by atoms with Crippen LogP contribution in [0.2, 0.25) is 0 Å². The van der Waals surface area contributed by atoms with Crippen LogP contribution in [0.15, 0.2) is 30.5 Å². The van der Waals surface area contributed by atoms with Crippen LogP contribution < -0.4 is 5.32 Å². The number of para-hydroxylation sites is 1. The van der Waals surface area contributed by atoms with Crippen molar-refractivity contribution in [1.82, 2.24) is 10.3 Å².